The first-order chi connectivity index (χ1) is 8.11. The normalized spacial score (nSPS) is 14.9. The maximum Gasteiger partial charge on any atom is 0.153 e. The molecule has 1 heterocycles. The number of ether oxygens (including phenoxy) is 1. The standard InChI is InChI=1S/C11H21BrN4O/c1-5-7-13-9(8(3)17-6-2)10-11(12)14-15-16(10)4/h8-9,13H,5-7H2,1-4H3. The average Bonchev–Trinajstić information content (AvgIpc) is 2.61. The lowest BCUT2D eigenvalue weighted by atomic mass is 10.1. The van der Waals surface area contributed by atoms with E-state index < -0.39 is 0 Å². The van der Waals surface area contributed by atoms with Crippen molar-refractivity contribution < 1.29 is 4.74 Å². The molecular formula is C11H21BrN4O. The highest BCUT2D eigenvalue weighted by molar-refractivity contribution is 9.10. The first-order valence-corrected chi connectivity index (χ1v) is 6.81. The summed E-state index contributed by atoms with van der Waals surface area (Å²) in [5.41, 5.74) is 1.03. The van der Waals surface area contributed by atoms with Gasteiger partial charge in [-0.2, -0.15) is 0 Å². The largest absolute Gasteiger partial charge is 0.377 e. The molecule has 0 spiro atoms. The molecule has 2 atom stereocenters. The van der Waals surface area contributed by atoms with E-state index in [2.05, 4.69) is 45.4 Å². The molecule has 1 aromatic rings. The van der Waals surface area contributed by atoms with Crippen molar-refractivity contribution >= 4 is 15.9 Å². The van der Waals surface area contributed by atoms with Gasteiger partial charge in [-0.05, 0) is 42.7 Å². The molecule has 0 amide bonds. The molecule has 6 heteroatoms. The van der Waals surface area contributed by atoms with Crippen LogP contribution in [0.1, 0.15) is 38.9 Å². The maximum absolute atomic E-state index is 5.68. The molecule has 2 unspecified atom stereocenters. The van der Waals surface area contributed by atoms with Crippen molar-refractivity contribution in [3.63, 3.8) is 0 Å². The summed E-state index contributed by atoms with van der Waals surface area (Å²) in [5, 5.41) is 11.5. The van der Waals surface area contributed by atoms with Crippen molar-refractivity contribution in [2.45, 2.75) is 39.3 Å². The van der Waals surface area contributed by atoms with Crippen LogP contribution in [-0.4, -0.2) is 34.2 Å². The summed E-state index contributed by atoms with van der Waals surface area (Å²) < 4.78 is 8.25. The van der Waals surface area contributed by atoms with Crippen LogP contribution in [0.4, 0.5) is 0 Å². The molecule has 0 fully saturated rings. The van der Waals surface area contributed by atoms with Crippen LogP contribution in [0, 0.1) is 0 Å². The Balaban J connectivity index is 2.89. The number of nitrogens with one attached hydrogen (secondary N) is 1. The summed E-state index contributed by atoms with van der Waals surface area (Å²) in [7, 11) is 1.90. The van der Waals surface area contributed by atoms with Crippen LogP contribution in [0.25, 0.3) is 0 Å². The number of aryl methyl sites for hydroxylation is 1. The number of hydrogen-bond acceptors (Lipinski definition) is 4. The second-order valence-corrected chi connectivity index (χ2v) is 4.73. The molecule has 0 saturated carbocycles. The van der Waals surface area contributed by atoms with Crippen LogP contribution in [0.2, 0.25) is 0 Å². The van der Waals surface area contributed by atoms with Gasteiger partial charge in [0.05, 0.1) is 17.8 Å². The third kappa shape index (κ3) is 3.76. The number of rotatable bonds is 7. The quantitative estimate of drug-likeness (QED) is 0.837. The fraction of sp³-hybridized carbons (Fsp3) is 0.818. The third-order valence-electron chi connectivity index (χ3n) is 2.63. The van der Waals surface area contributed by atoms with Crippen LogP contribution < -0.4 is 5.32 Å². The van der Waals surface area contributed by atoms with E-state index in [-0.39, 0.29) is 12.1 Å². The van der Waals surface area contributed by atoms with Gasteiger partial charge in [0.25, 0.3) is 0 Å². The Morgan fingerprint density at radius 3 is 2.65 bits per heavy atom. The first-order valence-electron chi connectivity index (χ1n) is 6.01. The molecule has 17 heavy (non-hydrogen) atoms. The SMILES string of the molecule is CCCNC(c1c(Br)nnn1C)C(C)OCC. The Labute approximate surface area is 111 Å². The summed E-state index contributed by atoms with van der Waals surface area (Å²) in [6.45, 7) is 7.86. The fourth-order valence-electron chi connectivity index (χ4n) is 1.81. The Kier molecular flexibility index (Phi) is 6.08. The van der Waals surface area contributed by atoms with Crippen molar-refractivity contribution in [3.05, 3.63) is 10.3 Å². The molecule has 0 aliphatic carbocycles. The van der Waals surface area contributed by atoms with Gasteiger partial charge in [-0.1, -0.05) is 12.1 Å². The van der Waals surface area contributed by atoms with Gasteiger partial charge in [-0.25, -0.2) is 4.68 Å². The second-order valence-electron chi connectivity index (χ2n) is 3.98. The van der Waals surface area contributed by atoms with Crippen LogP contribution in [0.3, 0.4) is 0 Å². The van der Waals surface area contributed by atoms with Gasteiger partial charge in [-0.3, -0.25) is 0 Å². The number of halogens is 1. The Hall–Kier alpha value is -0.460. The molecule has 0 radical (unpaired) electrons. The van der Waals surface area contributed by atoms with Gasteiger partial charge >= 0.3 is 0 Å². The summed E-state index contributed by atoms with van der Waals surface area (Å²) in [4.78, 5) is 0. The van der Waals surface area contributed by atoms with E-state index in [9.17, 15) is 0 Å². The van der Waals surface area contributed by atoms with Crippen molar-refractivity contribution in [2.24, 2.45) is 7.05 Å². The molecule has 0 aliphatic rings. The highest BCUT2D eigenvalue weighted by atomic mass is 79.9. The van der Waals surface area contributed by atoms with Crippen LogP contribution in [0.15, 0.2) is 4.60 Å². The maximum atomic E-state index is 5.68. The van der Waals surface area contributed by atoms with Gasteiger partial charge in [0.1, 0.15) is 0 Å². The molecule has 0 bridgehead atoms. The van der Waals surface area contributed by atoms with Gasteiger partial charge in [0, 0.05) is 13.7 Å². The minimum Gasteiger partial charge on any atom is -0.377 e. The minimum atomic E-state index is 0.0834. The van der Waals surface area contributed by atoms with Gasteiger partial charge < -0.3 is 10.1 Å². The molecule has 0 aromatic carbocycles. The van der Waals surface area contributed by atoms with Gasteiger partial charge in [0.2, 0.25) is 0 Å². The summed E-state index contributed by atoms with van der Waals surface area (Å²) in [6, 6.07) is 0.101. The van der Waals surface area contributed by atoms with E-state index in [1.807, 2.05) is 14.0 Å². The summed E-state index contributed by atoms with van der Waals surface area (Å²) in [6.07, 6.45) is 1.16. The second kappa shape index (κ2) is 7.08. The third-order valence-corrected chi connectivity index (χ3v) is 3.20. The number of aromatic nitrogens is 3. The first kappa shape index (κ1) is 14.6. The summed E-state index contributed by atoms with van der Waals surface area (Å²) >= 11 is 3.44. The zero-order valence-electron chi connectivity index (χ0n) is 10.9. The Bertz CT molecular complexity index is 323. The van der Waals surface area contributed by atoms with Gasteiger partial charge in [-0.15, -0.1) is 5.10 Å². The Morgan fingerprint density at radius 2 is 2.18 bits per heavy atom. The highest BCUT2D eigenvalue weighted by Crippen LogP contribution is 2.24. The molecule has 1 N–H and O–H groups in total. The van der Waals surface area contributed by atoms with E-state index >= 15 is 0 Å². The molecule has 1 aromatic heterocycles. The molecule has 5 nitrogen and oxygen atoms in total. The van der Waals surface area contributed by atoms with Crippen molar-refractivity contribution in [2.75, 3.05) is 13.2 Å². The predicted octanol–water partition coefficient (Wildman–Crippen LogP) is 2.04. The number of hydrogen-bond donors (Lipinski definition) is 1. The minimum absolute atomic E-state index is 0.0834. The number of nitrogens with zero attached hydrogens (tertiary/aromatic N) is 3. The fourth-order valence-corrected chi connectivity index (χ4v) is 2.39. The monoisotopic (exact) mass is 304 g/mol. The zero-order valence-corrected chi connectivity index (χ0v) is 12.5. The lowest BCUT2D eigenvalue weighted by Crippen LogP contribution is -2.34. The van der Waals surface area contributed by atoms with E-state index in [0.29, 0.717) is 6.61 Å². The molecule has 0 saturated heterocycles. The molecule has 1 rings (SSSR count). The Morgan fingerprint density at radius 1 is 1.47 bits per heavy atom. The predicted molar refractivity (Wildman–Crippen MR) is 70.8 cm³/mol. The van der Waals surface area contributed by atoms with Gasteiger partial charge in [0.15, 0.2) is 4.60 Å². The van der Waals surface area contributed by atoms with Crippen LogP contribution in [-0.2, 0) is 11.8 Å². The smallest absolute Gasteiger partial charge is 0.153 e. The van der Waals surface area contributed by atoms with E-state index in [1.54, 1.807) is 4.68 Å². The van der Waals surface area contributed by atoms with Crippen LogP contribution >= 0.6 is 15.9 Å². The van der Waals surface area contributed by atoms with Crippen molar-refractivity contribution in [1.82, 2.24) is 20.3 Å². The highest BCUT2D eigenvalue weighted by Gasteiger charge is 2.25. The van der Waals surface area contributed by atoms with E-state index in [1.165, 1.54) is 0 Å². The van der Waals surface area contributed by atoms with Crippen LogP contribution in [0.5, 0.6) is 0 Å². The topological polar surface area (TPSA) is 52.0 Å². The van der Waals surface area contributed by atoms with Crippen molar-refractivity contribution in [3.8, 4) is 0 Å². The zero-order chi connectivity index (χ0) is 12.8. The lowest BCUT2D eigenvalue weighted by molar-refractivity contribution is 0.0449. The lowest BCUT2D eigenvalue weighted by Gasteiger charge is -2.25. The van der Waals surface area contributed by atoms with Crippen molar-refractivity contribution in [1.29, 1.82) is 0 Å². The van der Waals surface area contributed by atoms with E-state index in [4.69, 9.17) is 4.74 Å². The van der Waals surface area contributed by atoms with E-state index in [0.717, 1.165) is 23.3 Å². The molecule has 0 aliphatic heterocycles. The summed E-state index contributed by atoms with van der Waals surface area (Å²) in [5.74, 6) is 0. The molecule has 98 valence electrons. The average molecular weight is 305 g/mol. The molecular weight excluding hydrogens is 284 g/mol.